The molecule has 126 valence electrons. The minimum atomic E-state index is -0.158. The van der Waals surface area contributed by atoms with E-state index in [-0.39, 0.29) is 23.8 Å². The lowest BCUT2D eigenvalue weighted by Gasteiger charge is -2.35. The largest absolute Gasteiger partial charge is 0.351 e. The molecule has 0 bridgehead atoms. The molecule has 0 spiro atoms. The van der Waals surface area contributed by atoms with Gasteiger partial charge in [0.05, 0.1) is 6.04 Å². The highest BCUT2D eigenvalue weighted by Crippen LogP contribution is 2.20. The van der Waals surface area contributed by atoms with Crippen LogP contribution in [0.15, 0.2) is 30.3 Å². The van der Waals surface area contributed by atoms with Gasteiger partial charge in [0.2, 0.25) is 11.8 Å². The Hall–Kier alpha value is -1.88. The summed E-state index contributed by atoms with van der Waals surface area (Å²) in [5.41, 5.74) is 1.10. The second kappa shape index (κ2) is 8.11. The summed E-state index contributed by atoms with van der Waals surface area (Å²) in [6.45, 7) is 4.09. The standard InChI is InChI=1S/C18H27N3O2/c1-14(17(22)19-13-15-7-5-4-6-8-15)21-11-9-16(10-12-21)18(23)20(2)3/h4-8,14,16H,9-13H2,1-3H3,(H,19,22). The van der Waals surface area contributed by atoms with Gasteiger partial charge < -0.3 is 10.2 Å². The third-order valence-corrected chi connectivity index (χ3v) is 4.56. The summed E-state index contributed by atoms with van der Waals surface area (Å²) in [5.74, 6) is 0.345. The maximum Gasteiger partial charge on any atom is 0.237 e. The summed E-state index contributed by atoms with van der Waals surface area (Å²) in [6, 6.07) is 9.75. The van der Waals surface area contributed by atoms with Gasteiger partial charge in [0, 0.05) is 26.6 Å². The van der Waals surface area contributed by atoms with Crippen LogP contribution in [0.25, 0.3) is 0 Å². The van der Waals surface area contributed by atoms with Crippen LogP contribution in [0, 0.1) is 5.92 Å². The Morgan fingerprint density at radius 1 is 1.22 bits per heavy atom. The maximum absolute atomic E-state index is 12.3. The number of rotatable bonds is 5. The predicted molar refractivity (Wildman–Crippen MR) is 90.7 cm³/mol. The molecule has 1 aliphatic heterocycles. The molecule has 1 aromatic carbocycles. The van der Waals surface area contributed by atoms with Crippen LogP contribution >= 0.6 is 0 Å². The van der Waals surface area contributed by atoms with Gasteiger partial charge >= 0.3 is 0 Å². The van der Waals surface area contributed by atoms with Crippen LogP contribution in [-0.2, 0) is 16.1 Å². The van der Waals surface area contributed by atoms with Crippen LogP contribution < -0.4 is 5.32 Å². The number of carbonyl (C=O) groups excluding carboxylic acids is 2. The Bertz CT molecular complexity index is 522. The van der Waals surface area contributed by atoms with Gasteiger partial charge in [-0.3, -0.25) is 14.5 Å². The first-order valence-corrected chi connectivity index (χ1v) is 8.26. The second-order valence-electron chi connectivity index (χ2n) is 6.42. The van der Waals surface area contributed by atoms with Gasteiger partial charge in [-0.1, -0.05) is 30.3 Å². The first-order chi connectivity index (χ1) is 11.0. The number of amides is 2. The SMILES string of the molecule is CC(C(=O)NCc1ccccc1)N1CCC(C(=O)N(C)C)CC1. The second-order valence-corrected chi connectivity index (χ2v) is 6.42. The van der Waals surface area contributed by atoms with Crippen molar-refractivity contribution >= 4 is 11.8 Å². The van der Waals surface area contributed by atoms with Gasteiger partial charge in [-0.2, -0.15) is 0 Å². The number of carbonyl (C=O) groups is 2. The van der Waals surface area contributed by atoms with Gasteiger partial charge in [0.1, 0.15) is 0 Å². The van der Waals surface area contributed by atoms with E-state index in [9.17, 15) is 9.59 Å². The molecule has 5 nitrogen and oxygen atoms in total. The summed E-state index contributed by atoms with van der Waals surface area (Å²) in [4.78, 5) is 28.1. The first-order valence-electron chi connectivity index (χ1n) is 8.26. The predicted octanol–water partition coefficient (Wildman–Crippen LogP) is 1.49. The van der Waals surface area contributed by atoms with Crippen molar-refractivity contribution in [2.24, 2.45) is 5.92 Å². The highest BCUT2D eigenvalue weighted by molar-refractivity contribution is 5.81. The molecule has 1 heterocycles. The maximum atomic E-state index is 12.3. The fraction of sp³-hybridized carbons (Fsp3) is 0.556. The summed E-state index contributed by atoms with van der Waals surface area (Å²) >= 11 is 0. The van der Waals surface area contributed by atoms with Crippen molar-refractivity contribution in [3.8, 4) is 0 Å². The molecule has 0 aromatic heterocycles. The summed E-state index contributed by atoms with van der Waals surface area (Å²) in [7, 11) is 3.60. The fourth-order valence-electron chi connectivity index (χ4n) is 3.00. The van der Waals surface area contributed by atoms with Crippen molar-refractivity contribution in [1.82, 2.24) is 15.1 Å². The molecular formula is C18H27N3O2. The highest BCUT2D eigenvalue weighted by atomic mass is 16.2. The van der Waals surface area contributed by atoms with Crippen molar-refractivity contribution in [1.29, 1.82) is 0 Å². The average Bonchev–Trinajstić information content (AvgIpc) is 2.59. The van der Waals surface area contributed by atoms with Crippen molar-refractivity contribution in [2.45, 2.75) is 32.4 Å². The molecule has 1 saturated heterocycles. The minimum Gasteiger partial charge on any atom is -0.351 e. The Labute approximate surface area is 138 Å². The Balaban J connectivity index is 1.79. The van der Waals surface area contributed by atoms with Crippen molar-refractivity contribution in [3.05, 3.63) is 35.9 Å². The summed E-state index contributed by atoms with van der Waals surface area (Å²) in [5, 5.41) is 2.99. The van der Waals surface area contributed by atoms with Crippen molar-refractivity contribution < 1.29 is 9.59 Å². The Morgan fingerprint density at radius 2 is 1.83 bits per heavy atom. The normalized spacial score (nSPS) is 17.5. The molecular weight excluding hydrogens is 290 g/mol. The molecule has 1 aromatic rings. The van der Waals surface area contributed by atoms with E-state index in [1.807, 2.05) is 37.3 Å². The third kappa shape index (κ3) is 4.79. The smallest absolute Gasteiger partial charge is 0.237 e. The van der Waals surface area contributed by atoms with Gasteiger partial charge in [-0.15, -0.1) is 0 Å². The number of hydrogen-bond acceptors (Lipinski definition) is 3. The van der Waals surface area contributed by atoms with Gasteiger partial charge in [0.15, 0.2) is 0 Å². The van der Waals surface area contributed by atoms with Gasteiger partial charge in [-0.05, 0) is 38.4 Å². The van der Waals surface area contributed by atoms with E-state index < -0.39 is 0 Å². The molecule has 0 saturated carbocycles. The van der Waals surface area contributed by atoms with E-state index in [0.29, 0.717) is 6.54 Å². The van der Waals surface area contributed by atoms with Crippen LogP contribution in [0.5, 0.6) is 0 Å². The molecule has 1 aliphatic rings. The van der Waals surface area contributed by atoms with Crippen molar-refractivity contribution in [2.75, 3.05) is 27.2 Å². The number of likely N-dealkylation sites (tertiary alicyclic amines) is 1. The van der Waals surface area contributed by atoms with E-state index in [2.05, 4.69) is 10.2 Å². The van der Waals surface area contributed by atoms with Crippen LogP contribution in [0.2, 0.25) is 0 Å². The average molecular weight is 317 g/mol. The Kier molecular flexibility index (Phi) is 6.16. The quantitative estimate of drug-likeness (QED) is 0.895. The zero-order valence-electron chi connectivity index (χ0n) is 14.3. The lowest BCUT2D eigenvalue weighted by atomic mass is 9.94. The van der Waals surface area contributed by atoms with Crippen LogP contribution in [-0.4, -0.2) is 54.8 Å². The lowest BCUT2D eigenvalue weighted by Crippen LogP contribution is -2.49. The summed E-state index contributed by atoms with van der Waals surface area (Å²) < 4.78 is 0. The Morgan fingerprint density at radius 3 is 2.39 bits per heavy atom. The van der Waals surface area contributed by atoms with Gasteiger partial charge in [-0.25, -0.2) is 0 Å². The third-order valence-electron chi connectivity index (χ3n) is 4.56. The number of nitrogens with one attached hydrogen (secondary N) is 1. The molecule has 2 rings (SSSR count). The highest BCUT2D eigenvalue weighted by Gasteiger charge is 2.30. The molecule has 1 fully saturated rings. The fourth-order valence-corrected chi connectivity index (χ4v) is 3.00. The lowest BCUT2D eigenvalue weighted by molar-refractivity contribution is -0.135. The molecule has 1 N–H and O–H groups in total. The van der Waals surface area contributed by atoms with E-state index >= 15 is 0 Å². The zero-order valence-corrected chi connectivity index (χ0v) is 14.3. The molecule has 0 aliphatic carbocycles. The zero-order chi connectivity index (χ0) is 16.8. The number of hydrogen-bond donors (Lipinski definition) is 1. The monoisotopic (exact) mass is 317 g/mol. The molecule has 1 unspecified atom stereocenters. The molecule has 1 atom stereocenters. The number of benzene rings is 1. The summed E-state index contributed by atoms with van der Waals surface area (Å²) in [6.07, 6.45) is 1.65. The van der Waals surface area contributed by atoms with Crippen LogP contribution in [0.4, 0.5) is 0 Å². The van der Waals surface area contributed by atoms with Crippen LogP contribution in [0.3, 0.4) is 0 Å². The van der Waals surface area contributed by atoms with E-state index in [4.69, 9.17) is 0 Å². The number of piperidine rings is 1. The van der Waals surface area contributed by atoms with Gasteiger partial charge in [0.25, 0.3) is 0 Å². The van der Waals surface area contributed by atoms with Crippen molar-refractivity contribution in [3.63, 3.8) is 0 Å². The first kappa shape index (κ1) is 17.5. The molecule has 23 heavy (non-hydrogen) atoms. The van der Waals surface area contributed by atoms with E-state index in [1.165, 1.54) is 0 Å². The van der Waals surface area contributed by atoms with E-state index in [0.717, 1.165) is 31.5 Å². The number of nitrogens with zero attached hydrogens (tertiary/aromatic N) is 2. The molecule has 0 radical (unpaired) electrons. The minimum absolute atomic E-state index is 0.0474. The van der Waals surface area contributed by atoms with Crippen LogP contribution in [0.1, 0.15) is 25.3 Å². The molecule has 5 heteroatoms. The topological polar surface area (TPSA) is 52.7 Å². The molecule has 2 amide bonds. The van der Waals surface area contributed by atoms with E-state index in [1.54, 1.807) is 19.0 Å².